The lowest BCUT2D eigenvalue weighted by Crippen LogP contribution is -2.40. The molecule has 0 radical (unpaired) electrons. The number of nitrogens with one attached hydrogen (secondary N) is 1. The summed E-state index contributed by atoms with van der Waals surface area (Å²) in [7, 11) is 0. The van der Waals surface area contributed by atoms with Crippen molar-refractivity contribution in [3.05, 3.63) is 10.6 Å². The summed E-state index contributed by atoms with van der Waals surface area (Å²) in [6, 6.07) is -0.540. The molecule has 5 nitrogen and oxygen atoms in total. The zero-order valence-corrected chi connectivity index (χ0v) is 13.3. The van der Waals surface area contributed by atoms with Gasteiger partial charge in [0.25, 0.3) is 0 Å². The van der Waals surface area contributed by atoms with Crippen LogP contribution in [0.2, 0.25) is 0 Å². The molecule has 7 heteroatoms. The first-order chi connectivity index (χ1) is 9.02. The van der Waals surface area contributed by atoms with E-state index in [9.17, 15) is 9.59 Å². The van der Waals surface area contributed by atoms with Gasteiger partial charge in [0, 0.05) is 6.42 Å². The Morgan fingerprint density at radius 3 is 2.80 bits per heavy atom. The number of ketones is 1. The number of halogens is 1. The number of hydrogen-bond donors (Lipinski definition) is 2. The Balaban J connectivity index is 0.00000200. The van der Waals surface area contributed by atoms with Gasteiger partial charge in [0.2, 0.25) is 5.91 Å². The van der Waals surface area contributed by atoms with Gasteiger partial charge >= 0.3 is 0 Å². The maximum atomic E-state index is 12.0. The molecular formula is C13H20ClN3O2S. The summed E-state index contributed by atoms with van der Waals surface area (Å²) in [6.07, 6.45) is 3.08. The minimum absolute atomic E-state index is 0. The summed E-state index contributed by atoms with van der Waals surface area (Å²) in [6.45, 7) is 3.94. The molecule has 3 N–H and O–H groups in total. The molecule has 2 atom stereocenters. The molecule has 0 spiro atoms. The van der Waals surface area contributed by atoms with E-state index in [0.29, 0.717) is 16.4 Å². The second-order valence-electron chi connectivity index (χ2n) is 4.97. The smallest absolute Gasteiger partial charge is 0.243 e. The molecule has 2 rings (SSSR count). The maximum absolute atomic E-state index is 12.0. The SMILES string of the molecule is CCC(C)C(N)C(=O)Nc1nc2c(s1)C(=O)CCC2.Cl. The monoisotopic (exact) mass is 317 g/mol. The van der Waals surface area contributed by atoms with Crippen LogP contribution < -0.4 is 11.1 Å². The fourth-order valence-electron chi connectivity index (χ4n) is 2.02. The summed E-state index contributed by atoms with van der Waals surface area (Å²) >= 11 is 1.26. The van der Waals surface area contributed by atoms with Gasteiger partial charge in [-0.15, -0.1) is 12.4 Å². The Hall–Kier alpha value is -0.980. The van der Waals surface area contributed by atoms with Crippen molar-refractivity contribution in [3.63, 3.8) is 0 Å². The first-order valence-electron chi connectivity index (χ1n) is 6.62. The standard InChI is InChI=1S/C13H19N3O2S.ClH/c1-3-7(2)10(14)12(18)16-13-15-8-5-4-6-9(17)11(8)19-13;/h7,10H,3-6,14H2,1-2H3,(H,15,16,18);1H. The van der Waals surface area contributed by atoms with Crippen molar-refractivity contribution in [3.8, 4) is 0 Å². The fourth-order valence-corrected chi connectivity index (χ4v) is 3.01. The molecule has 1 aromatic heterocycles. The average molecular weight is 318 g/mol. The van der Waals surface area contributed by atoms with Crippen LogP contribution in [-0.2, 0) is 11.2 Å². The van der Waals surface area contributed by atoms with Crippen molar-refractivity contribution in [1.82, 2.24) is 4.98 Å². The zero-order valence-electron chi connectivity index (χ0n) is 11.6. The predicted octanol–water partition coefficient (Wildman–Crippen LogP) is 2.40. The van der Waals surface area contributed by atoms with Gasteiger partial charge in [0.05, 0.1) is 16.6 Å². The van der Waals surface area contributed by atoms with E-state index >= 15 is 0 Å². The average Bonchev–Trinajstić information content (AvgIpc) is 2.80. The van der Waals surface area contributed by atoms with Gasteiger partial charge < -0.3 is 11.1 Å². The minimum atomic E-state index is -0.540. The largest absolute Gasteiger partial charge is 0.320 e. The summed E-state index contributed by atoms with van der Waals surface area (Å²) in [4.78, 5) is 28.7. The number of aryl methyl sites for hydroxylation is 1. The molecule has 0 bridgehead atoms. The van der Waals surface area contributed by atoms with Gasteiger partial charge in [-0.3, -0.25) is 9.59 Å². The van der Waals surface area contributed by atoms with Crippen molar-refractivity contribution in [2.45, 2.75) is 45.6 Å². The van der Waals surface area contributed by atoms with Crippen molar-refractivity contribution in [2.24, 2.45) is 11.7 Å². The highest BCUT2D eigenvalue weighted by Gasteiger charge is 2.25. The number of rotatable bonds is 4. The second-order valence-corrected chi connectivity index (χ2v) is 5.97. The minimum Gasteiger partial charge on any atom is -0.320 e. The van der Waals surface area contributed by atoms with Crippen LogP contribution in [0.15, 0.2) is 0 Å². The maximum Gasteiger partial charge on any atom is 0.243 e. The molecule has 1 aliphatic carbocycles. The highest BCUT2D eigenvalue weighted by atomic mass is 35.5. The van der Waals surface area contributed by atoms with Crippen LogP contribution >= 0.6 is 23.7 Å². The van der Waals surface area contributed by atoms with Gasteiger partial charge in [-0.1, -0.05) is 31.6 Å². The lowest BCUT2D eigenvalue weighted by molar-refractivity contribution is -0.118. The molecule has 112 valence electrons. The molecule has 1 heterocycles. The fraction of sp³-hybridized carbons (Fsp3) is 0.615. The third-order valence-electron chi connectivity index (χ3n) is 3.56. The van der Waals surface area contributed by atoms with E-state index in [1.165, 1.54) is 11.3 Å². The van der Waals surface area contributed by atoms with E-state index in [1.54, 1.807) is 0 Å². The van der Waals surface area contributed by atoms with Crippen LogP contribution in [0.4, 0.5) is 5.13 Å². The molecule has 0 saturated carbocycles. The second kappa shape index (κ2) is 7.15. The number of aromatic nitrogens is 1. The van der Waals surface area contributed by atoms with E-state index in [0.717, 1.165) is 25.0 Å². The summed E-state index contributed by atoms with van der Waals surface area (Å²) in [5.41, 5.74) is 6.68. The first-order valence-corrected chi connectivity index (χ1v) is 7.44. The number of carbonyl (C=O) groups excluding carboxylic acids is 2. The lowest BCUT2D eigenvalue weighted by atomic mass is 10.00. The highest BCUT2D eigenvalue weighted by molar-refractivity contribution is 7.17. The quantitative estimate of drug-likeness (QED) is 0.893. The van der Waals surface area contributed by atoms with Crippen molar-refractivity contribution >= 4 is 40.6 Å². The third kappa shape index (κ3) is 3.56. The van der Waals surface area contributed by atoms with E-state index in [4.69, 9.17) is 5.73 Å². The molecule has 2 unspecified atom stereocenters. The number of nitrogens with zero attached hydrogens (tertiary/aromatic N) is 1. The van der Waals surface area contributed by atoms with E-state index in [-0.39, 0.29) is 30.0 Å². The van der Waals surface area contributed by atoms with Gasteiger partial charge in [-0.25, -0.2) is 4.98 Å². The molecule has 0 aliphatic heterocycles. The molecule has 0 aromatic carbocycles. The highest BCUT2D eigenvalue weighted by Crippen LogP contribution is 2.29. The van der Waals surface area contributed by atoms with Crippen LogP contribution in [0.1, 0.15) is 48.5 Å². The number of thiazole rings is 1. The van der Waals surface area contributed by atoms with Gasteiger partial charge in [-0.05, 0) is 18.8 Å². The first kappa shape index (κ1) is 17.1. The Labute approximate surface area is 128 Å². The van der Waals surface area contributed by atoms with E-state index in [1.807, 2.05) is 13.8 Å². The Morgan fingerprint density at radius 1 is 1.50 bits per heavy atom. The van der Waals surface area contributed by atoms with E-state index in [2.05, 4.69) is 10.3 Å². The number of fused-ring (bicyclic) bond motifs is 1. The van der Waals surface area contributed by atoms with Crippen LogP contribution in [0.25, 0.3) is 0 Å². The topological polar surface area (TPSA) is 85.1 Å². The van der Waals surface area contributed by atoms with Crippen molar-refractivity contribution < 1.29 is 9.59 Å². The number of anilines is 1. The normalized spacial score (nSPS) is 16.9. The Bertz CT molecular complexity index is 504. The molecule has 1 amide bonds. The van der Waals surface area contributed by atoms with Crippen LogP contribution in [-0.4, -0.2) is 22.7 Å². The van der Waals surface area contributed by atoms with Gasteiger partial charge in [0.15, 0.2) is 10.9 Å². The Kier molecular flexibility index (Phi) is 6.10. The molecule has 1 aliphatic rings. The number of amides is 1. The molecule has 0 fully saturated rings. The molecule has 1 aromatic rings. The number of carbonyl (C=O) groups is 2. The number of Topliss-reactive ketones (excluding diaryl/α,β-unsaturated/α-hetero) is 1. The van der Waals surface area contributed by atoms with Crippen molar-refractivity contribution in [1.29, 1.82) is 0 Å². The lowest BCUT2D eigenvalue weighted by Gasteiger charge is -2.16. The summed E-state index contributed by atoms with van der Waals surface area (Å²) < 4.78 is 0. The van der Waals surface area contributed by atoms with Gasteiger partial charge in [-0.2, -0.15) is 0 Å². The van der Waals surface area contributed by atoms with Crippen LogP contribution in [0.3, 0.4) is 0 Å². The molecular weight excluding hydrogens is 298 g/mol. The van der Waals surface area contributed by atoms with Gasteiger partial charge in [0.1, 0.15) is 0 Å². The predicted molar refractivity (Wildman–Crippen MR) is 82.7 cm³/mol. The van der Waals surface area contributed by atoms with Crippen LogP contribution in [0.5, 0.6) is 0 Å². The zero-order chi connectivity index (χ0) is 14.0. The van der Waals surface area contributed by atoms with Crippen molar-refractivity contribution in [2.75, 3.05) is 5.32 Å². The summed E-state index contributed by atoms with van der Waals surface area (Å²) in [5, 5.41) is 3.22. The summed E-state index contributed by atoms with van der Waals surface area (Å²) in [5.74, 6) is 0.0228. The number of hydrogen-bond acceptors (Lipinski definition) is 5. The van der Waals surface area contributed by atoms with Crippen LogP contribution in [0, 0.1) is 5.92 Å². The Morgan fingerprint density at radius 2 is 2.20 bits per heavy atom. The molecule has 0 saturated heterocycles. The number of nitrogens with two attached hydrogens (primary N) is 1. The third-order valence-corrected chi connectivity index (χ3v) is 4.61. The van der Waals surface area contributed by atoms with E-state index < -0.39 is 6.04 Å². The molecule has 20 heavy (non-hydrogen) atoms.